The van der Waals surface area contributed by atoms with Gasteiger partial charge in [-0.25, -0.2) is 0 Å². The van der Waals surface area contributed by atoms with Crippen LogP contribution in [0.4, 0.5) is 0 Å². The monoisotopic (exact) mass is 882 g/mol. The smallest absolute Gasteiger partial charge is 0.308 e. The van der Waals surface area contributed by atoms with Crippen LogP contribution in [-0.4, -0.2) is 78.7 Å². The fourth-order valence-corrected chi connectivity index (χ4v) is 9.45. The van der Waals surface area contributed by atoms with Crippen LogP contribution < -0.4 is 37.9 Å². The molecule has 0 unspecified atom stereocenters. The van der Waals surface area contributed by atoms with Crippen LogP contribution in [-0.2, 0) is 38.1 Å². The van der Waals surface area contributed by atoms with Crippen molar-refractivity contribution in [3.8, 4) is 57.1 Å². The lowest BCUT2D eigenvalue weighted by atomic mass is 9.83. The van der Waals surface area contributed by atoms with Gasteiger partial charge in [0.1, 0.15) is 0 Å². The lowest BCUT2D eigenvalue weighted by Crippen LogP contribution is -2.16. The van der Waals surface area contributed by atoms with Gasteiger partial charge in [-0.3, -0.25) is 19.2 Å². The first-order valence-corrected chi connectivity index (χ1v) is 20.8. The highest BCUT2D eigenvalue weighted by molar-refractivity contribution is 5.87. The van der Waals surface area contributed by atoms with Gasteiger partial charge in [0, 0.05) is 62.5 Å². The lowest BCUT2D eigenvalue weighted by molar-refractivity contribution is -0.133. The van der Waals surface area contributed by atoms with E-state index in [1.165, 1.54) is 56.1 Å². The molecule has 0 aromatic heterocycles. The number of hydrogen-bond donors (Lipinski definition) is 0. The zero-order valence-corrected chi connectivity index (χ0v) is 36.8. The van der Waals surface area contributed by atoms with Gasteiger partial charge in [-0.1, -0.05) is 12.1 Å². The summed E-state index contributed by atoms with van der Waals surface area (Å²) in [5.74, 6) is -0.351. The molecule has 0 aliphatic carbocycles. The maximum Gasteiger partial charge on any atom is 0.308 e. The number of carbonyl (C=O) groups is 4. The molecule has 4 fully saturated rings. The second-order valence-corrected chi connectivity index (χ2v) is 16.1. The van der Waals surface area contributed by atoms with Crippen molar-refractivity contribution in [1.29, 1.82) is 0 Å². The van der Waals surface area contributed by atoms with Crippen LogP contribution in [0.3, 0.4) is 0 Å². The largest absolute Gasteiger partial charge is 0.493 e. The van der Waals surface area contributed by atoms with Gasteiger partial charge in [0.25, 0.3) is 0 Å². The molecule has 16 nitrogen and oxygen atoms in total. The molecule has 0 spiro atoms. The molecule has 16 heteroatoms. The number of carbonyl (C=O) groups excluding carboxylic acids is 4. The fourth-order valence-electron chi connectivity index (χ4n) is 9.45. The van der Waals surface area contributed by atoms with Crippen LogP contribution in [0.1, 0.15) is 74.4 Å². The Morgan fingerprint density at radius 2 is 0.688 bits per heavy atom. The summed E-state index contributed by atoms with van der Waals surface area (Å²) in [6.45, 7) is 6.71. The summed E-state index contributed by atoms with van der Waals surface area (Å²) < 4.78 is 71.3. The summed E-state index contributed by atoms with van der Waals surface area (Å²) in [7, 11) is 5.96. The Morgan fingerprint density at radius 3 is 0.984 bits per heavy atom. The second-order valence-electron chi connectivity index (χ2n) is 16.1. The number of ether oxygens (including phenoxy) is 12. The fraction of sp³-hybridized carbons (Fsp3) is 0.417. The molecule has 4 aromatic carbocycles. The molecule has 8 atom stereocenters. The maximum atomic E-state index is 12.8. The minimum absolute atomic E-state index is 0.0604. The highest BCUT2D eigenvalue weighted by atomic mass is 16.6. The van der Waals surface area contributed by atoms with Crippen molar-refractivity contribution in [2.75, 3.05) is 54.9 Å². The summed E-state index contributed by atoms with van der Waals surface area (Å²) in [6.07, 6.45) is -1.64. The van der Waals surface area contributed by atoms with Gasteiger partial charge >= 0.3 is 23.9 Å². The zero-order chi connectivity index (χ0) is 45.4. The molecular formula is C48H50O16. The minimum atomic E-state index is -0.600. The van der Waals surface area contributed by atoms with Crippen molar-refractivity contribution in [1.82, 2.24) is 0 Å². The Labute approximate surface area is 369 Å². The molecule has 0 bridgehead atoms. The van der Waals surface area contributed by atoms with Crippen LogP contribution in [0, 0.1) is 23.7 Å². The van der Waals surface area contributed by atoms with Gasteiger partial charge < -0.3 is 56.8 Å². The summed E-state index contributed by atoms with van der Waals surface area (Å²) >= 11 is 0. The van der Waals surface area contributed by atoms with Gasteiger partial charge in [0.15, 0.2) is 46.0 Å². The number of esters is 4. The van der Waals surface area contributed by atoms with Gasteiger partial charge in [0.2, 0.25) is 0 Å². The number of benzene rings is 4. The number of hydrogen-bond acceptors (Lipinski definition) is 16. The van der Waals surface area contributed by atoms with Gasteiger partial charge in [-0.15, -0.1) is 0 Å². The van der Waals surface area contributed by atoms with Crippen LogP contribution in [0.15, 0.2) is 60.7 Å². The van der Waals surface area contributed by atoms with E-state index in [4.69, 9.17) is 56.8 Å². The Hall–Kier alpha value is -6.20. The topological polar surface area (TPSA) is 179 Å². The third kappa shape index (κ3) is 8.57. The van der Waals surface area contributed by atoms with Crippen molar-refractivity contribution in [2.24, 2.45) is 23.7 Å². The normalized spacial score (nSPS) is 24.3. The Bertz CT molecular complexity index is 2290. The quantitative estimate of drug-likeness (QED) is 0.0968. The van der Waals surface area contributed by atoms with E-state index in [-0.39, 0.29) is 58.9 Å². The van der Waals surface area contributed by atoms with Crippen molar-refractivity contribution < 1.29 is 76.0 Å². The van der Waals surface area contributed by atoms with Crippen molar-refractivity contribution in [3.05, 3.63) is 82.9 Å². The first kappa shape index (κ1) is 44.4. The first-order chi connectivity index (χ1) is 30.8. The standard InChI is InChI=1S/C48H50O16/c1-23(49)61-37-11-9-27(15-39(37)53-5)43-33-19-59-45(35(33)21-57-43)29-13-31(47(63-25(3)51)41(17-29)55-7)32-14-30(18-42(56-8)48(32)64-26(4)52)46-36-22-58-44(34(36)20-60-46)28-10-12-38(62-24(2)50)40(16-28)54-6/h9-18,33-36,43-46H,19-22H2,1-8H3/t33-,34-,35-,36-,43+,44+,45+,46+/m0/s1. The summed E-state index contributed by atoms with van der Waals surface area (Å²) in [6, 6.07) is 17.9. The summed E-state index contributed by atoms with van der Waals surface area (Å²) in [5.41, 5.74) is 3.86. The Kier molecular flexibility index (Phi) is 12.8. The molecule has 4 aromatic rings. The average molecular weight is 883 g/mol. The van der Waals surface area contributed by atoms with Crippen LogP contribution in [0.2, 0.25) is 0 Å². The Morgan fingerprint density at radius 1 is 0.391 bits per heavy atom. The predicted octanol–water partition coefficient (Wildman–Crippen LogP) is 7.24. The third-order valence-electron chi connectivity index (χ3n) is 12.1. The van der Waals surface area contributed by atoms with E-state index in [0.29, 0.717) is 71.7 Å². The third-order valence-corrected chi connectivity index (χ3v) is 12.1. The van der Waals surface area contributed by atoms with E-state index >= 15 is 0 Å². The van der Waals surface area contributed by atoms with E-state index in [9.17, 15) is 19.2 Å². The van der Waals surface area contributed by atoms with Crippen LogP contribution in [0.25, 0.3) is 11.1 Å². The lowest BCUT2D eigenvalue weighted by Gasteiger charge is -2.24. The zero-order valence-electron chi connectivity index (χ0n) is 36.8. The van der Waals surface area contributed by atoms with Gasteiger partial charge in [0.05, 0.1) is 79.3 Å². The van der Waals surface area contributed by atoms with E-state index in [2.05, 4.69) is 0 Å². The average Bonchev–Trinajstić information content (AvgIpc) is 4.07. The van der Waals surface area contributed by atoms with E-state index in [1.807, 2.05) is 24.3 Å². The van der Waals surface area contributed by atoms with Gasteiger partial charge in [-0.05, 0) is 70.8 Å². The SMILES string of the molecule is COc1cc([C@H]2OC[C@H]3[C@@H]2CO[C@@H]3c2cc(OC)c(OC(C)=O)c(-c3cc([C@H]4OC[C@H]5[C@@H]4CO[C@@H]5c4ccc(OC(C)=O)c(OC)c4)cc(OC)c3OC(C)=O)c2)ccc1OC(C)=O. The molecule has 4 aliphatic heterocycles. The first-order valence-electron chi connectivity index (χ1n) is 20.8. The molecule has 338 valence electrons. The van der Waals surface area contributed by atoms with Gasteiger partial charge in [-0.2, -0.15) is 0 Å². The summed E-state index contributed by atoms with van der Waals surface area (Å²) in [5, 5.41) is 0. The number of methoxy groups -OCH3 is 4. The molecule has 4 heterocycles. The molecule has 4 aliphatic rings. The van der Waals surface area contributed by atoms with Crippen molar-refractivity contribution >= 4 is 23.9 Å². The Balaban J connectivity index is 1.16. The molecular weight excluding hydrogens is 833 g/mol. The molecule has 0 amide bonds. The minimum Gasteiger partial charge on any atom is -0.493 e. The second kappa shape index (κ2) is 18.5. The highest BCUT2D eigenvalue weighted by Crippen LogP contribution is 2.56. The van der Waals surface area contributed by atoms with Crippen molar-refractivity contribution in [2.45, 2.75) is 52.1 Å². The number of rotatable bonds is 13. The molecule has 0 radical (unpaired) electrons. The maximum absolute atomic E-state index is 12.8. The molecule has 8 rings (SSSR count). The van der Waals surface area contributed by atoms with Crippen molar-refractivity contribution in [3.63, 3.8) is 0 Å². The molecule has 64 heavy (non-hydrogen) atoms. The van der Waals surface area contributed by atoms with Crippen LogP contribution in [0.5, 0.6) is 46.0 Å². The molecule has 0 N–H and O–H groups in total. The predicted molar refractivity (Wildman–Crippen MR) is 225 cm³/mol. The van der Waals surface area contributed by atoms with E-state index in [1.54, 1.807) is 36.4 Å². The van der Waals surface area contributed by atoms with Crippen LogP contribution >= 0.6 is 0 Å². The van der Waals surface area contributed by atoms with E-state index in [0.717, 1.165) is 11.1 Å². The molecule has 0 saturated carbocycles. The number of fused-ring (bicyclic) bond motifs is 2. The highest BCUT2D eigenvalue weighted by Gasteiger charge is 2.50. The summed E-state index contributed by atoms with van der Waals surface area (Å²) in [4.78, 5) is 48.9. The van der Waals surface area contributed by atoms with E-state index < -0.39 is 36.1 Å². The molecule has 4 saturated heterocycles.